The summed E-state index contributed by atoms with van der Waals surface area (Å²) in [7, 11) is 0. The fraction of sp³-hybridized carbons (Fsp3) is 0.867. The molecule has 5 heteroatoms. The Morgan fingerprint density at radius 1 is 0.457 bits per heavy atom. The molecule has 216 valence electrons. The molecule has 0 fully saturated rings. The molecule has 0 aliphatic rings. The van der Waals surface area contributed by atoms with Gasteiger partial charge in [-0.1, -0.05) is 129 Å². The number of unbranched alkanes of at least 4 members (excludes halogenated alkanes) is 19. The SMILES string of the molecule is CCCCCCCC/C=C\CCCCCCCC(=O)OC(=O)CCCCCCCCCCC.[Cu].[Cu]. The molecule has 0 atom stereocenters. The number of carbonyl (C=O) groups excluding carboxylic acids is 2. The third-order valence-corrected chi connectivity index (χ3v) is 6.35. The van der Waals surface area contributed by atoms with E-state index in [-0.39, 0.29) is 46.1 Å². The van der Waals surface area contributed by atoms with Crippen molar-refractivity contribution in [3.05, 3.63) is 12.2 Å². The minimum Gasteiger partial charge on any atom is -0.393 e. The van der Waals surface area contributed by atoms with E-state index in [9.17, 15) is 9.59 Å². The Morgan fingerprint density at radius 2 is 0.743 bits per heavy atom. The summed E-state index contributed by atoms with van der Waals surface area (Å²) in [6.45, 7) is 4.50. The maximum Gasteiger partial charge on any atom is 0.313 e. The van der Waals surface area contributed by atoms with Gasteiger partial charge in [-0.25, -0.2) is 0 Å². The Morgan fingerprint density at radius 3 is 1.09 bits per heavy atom. The third kappa shape index (κ3) is 33.9. The smallest absolute Gasteiger partial charge is 0.313 e. The summed E-state index contributed by atoms with van der Waals surface area (Å²) in [6.07, 6.45) is 32.5. The molecule has 0 unspecified atom stereocenters. The Kier molecular flexibility index (Phi) is 38.2. The number of rotatable bonds is 25. The van der Waals surface area contributed by atoms with E-state index >= 15 is 0 Å². The second-order valence-electron chi connectivity index (χ2n) is 9.76. The van der Waals surface area contributed by atoms with Crippen LogP contribution in [0.25, 0.3) is 0 Å². The molecule has 0 heterocycles. The standard InChI is InChI=1S/C30H56O3.2Cu/c1-3-5-7-9-11-13-14-15-16-17-18-20-22-24-26-28-30(32)33-29(31)27-25-23-21-19-12-10-8-6-4-2;;/h15-16H,3-14,17-28H2,1-2H3;;/b16-15-;;. The van der Waals surface area contributed by atoms with Gasteiger partial charge in [0.1, 0.15) is 0 Å². The van der Waals surface area contributed by atoms with E-state index in [1.165, 1.54) is 109 Å². The first kappa shape index (κ1) is 39.4. The van der Waals surface area contributed by atoms with Crippen LogP contribution >= 0.6 is 0 Å². The first-order valence-corrected chi connectivity index (χ1v) is 14.6. The van der Waals surface area contributed by atoms with Crippen molar-refractivity contribution >= 4 is 11.9 Å². The van der Waals surface area contributed by atoms with E-state index in [1.54, 1.807) is 0 Å². The first-order chi connectivity index (χ1) is 16.2. The average Bonchev–Trinajstić information content (AvgIpc) is 2.80. The van der Waals surface area contributed by atoms with Gasteiger partial charge < -0.3 is 4.74 Å². The van der Waals surface area contributed by atoms with Crippen molar-refractivity contribution in [1.29, 1.82) is 0 Å². The minimum absolute atomic E-state index is 0. The molecule has 0 amide bonds. The molecule has 35 heavy (non-hydrogen) atoms. The normalized spacial score (nSPS) is 10.7. The number of hydrogen-bond acceptors (Lipinski definition) is 3. The van der Waals surface area contributed by atoms with Gasteiger partial charge in [-0.15, -0.1) is 0 Å². The molecule has 0 saturated heterocycles. The van der Waals surface area contributed by atoms with Crippen LogP contribution in [0.1, 0.15) is 168 Å². The van der Waals surface area contributed by atoms with Crippen molar-refractivity contribution in [3.8, 4) is 0 Å². The zero-order valence-electron chi connectivity index (χ0n) is 23.0. The van der Waals surface area contributed by atoms with Crippen molar-refractivity contribution in [2.24, 2.45) is 0 Å². The maximum atomic E-state index is 11.8. The van der Waals surface area contributed by atoms with E-state index in [4.69, 9.17) is 4.74 Å². The summed E-state index contributed by atoms with van der Waals surface area (Å²) in [5.74, 6) is -0.677. The molecule has 3 nitrogen and oxygen atoms in total. The van der Waals surface area contributed by atoms with Gasteiger partial charge in [0, 0.05) is 47.0 Å². The number of esters is 2. The van der Waals surface area contributed by atoms with Crippen molar-refractivity contribution in [3.63, 3.8) is 0 Å². The average molecular weight is 592 g/mol. The quantitative estimate of drug-likeness (QED) is 0.0349. The van der Waals surface area contributed by atoms with Gasteiger partial charge in [-0.3, -0.25) is 9.59 Å². The number of ether oxygens (including phenoxy) is 1. The van der Waals surface area contributed by atoms with E-state index in [1.807, 2.05) is 0 Å². The second-order valence-corrected chi connectivity index (χ2v) is 9.76. The zero-order chi connectivity index (χ0) is 24.2. The molecule has 0 rings (SSSR count). The predicted molar refractivity (Wildman–Crippen MR) is 142 cm³/mol. The summed E-state index contributed by atoms with van der Waals surface area (Å²) < 4.78 is 4.95. The van der Waals surface area contributed by atoms with Crippen LogP contribution in [0, 0.1) is 0 Å². The molecule has 0 aromatic heterocycles. The van der Waals surface area contributed by atoms with Gasteiger partial charge >= 0.3 is 11.9 Å². The molecule has 0 N–H and O–H groups in total. The van der Waals surface area contributed by atoms with Crippen LogP contribution in [0.2, 0.25) is 0 Å². The molecular weight excluding hydrogens is 535 g/mol. The largest absolute Gasteiger partial charge is 0.393 e. The van der Waals surface area contributed by atoms with Crippen molar-refractivity contribution < 1.29 is 48.5 Å². The monoisotopic (exact) mass is 590 g/mol. The summed E-state index contributed by atoms with van der Waals surface area (Å²) in [6, 6.07) is 0. The zero-order valence-corrected chi connectivity index (χ0v) is 24.8. The fourth-order valence-electron chi connectivity index (χ4n) is 4.15. The van der Waals surface area contributed by atoms with Gasteiger partial charge in [0.2, 0.25) is 0 Å². The Bertz CT molecular complexity index is 467. The van der Waals surface area contributed by atoms with Crippen LogP contribution in [0.5, 0.6) is 0 Å². The van der Waals surface area contributed by atoms with E-state index in [0.29, 0.717) is 12.8 Å². The van der Waals surface area contributed by atoms with Crippen LogP contribution in [-0.4, -0.2) is 11.9 Å². The van der Waals surface area contributed by atoms with Gasteiger partial charge in [0.05, 0.1) is 0 Å². The molecular formula is C30H56Cu2O3. The molecule has 2 radical (unpaired) electrons. The molecule has 0 spiro atoms. The Balaban J connectivity index is -0.00000512. The van der Waals surface area contributed by atoms with Crippen LogP contribution in [0.15, 0.2) is 12.2 Å². The van der Waals surface area contributed by atoms with E-state index in [0.717, 1.165) is 32.1 Å². The predicted octanol–water partition coefficient (Wildman–Crippen LogP) is 10.0. The van der Waals surface area contributed by atoms with Gasteiger partial charge in [-0.2, -0.15) is 0 Å². The van der Waals surface area contributed by atoms with E-state index < -0.39 is 0 Å². The van der Waals surface area contributed by atoms with Crippen molar-refractivity contribution in [2.75, 3.05) is 0 Å². The summed E-state index contributed by atoms with van der Waals surface area (Å²) in [5, 5.41) is 0. The topological polar surface area (TPSA) is 43.4 Å². The van der Waals surface area contributed by atoms with Crippen LogP contribution in [-0.2, 0) is 48.5 Å². The van der Waals surface area contributed by atoms with Crippen LogP contribution < -0.4 is 0 Å². The summed E-state index contributed by atoms with van der Waals surface area (Å²) >= 11 is 0. The van der Waals surface area contributed by atoms with Gasteiger partial charge in [0.15, 0.2) is 0 Å². The summed E-state index contributed by atoms with van der Waals surface area (Å²) in [4.78, 5) is 23.6. The molecule has 0 aromatic carbocycles. The molecule has 0 bridgehead atoms. The minimum atomic E-state index is -0.339. The number of hydrogen-bond donors (Lipinski definition) is 0. The van der Waals surface area contributed by atoms with Crippen molar-refractivity contribution in [1.82, 2.24) is 0 Å². The molecule has 0 saturated carbocycles. The maximum absolute atomic E-state index is 11.8. The van der Waals surface area contributed by atoms with Gasteiger partial charge in [0.25, 0.3) is 0 Å². The first-order valence-electron chi connectivity index (χ1n) is 14.6. The van der Waals surface area contributed by atoms with Crippen molar-refractivity contribution in [2.45, 2.75) is 168 Å². The Hall–Kier alpha value is -0.0810. The van der Waals surface area contributed by atoms with Crippen LogP contribution in [0.3, 0.4) is 0 Å². The van der Waals surface area contributed by atoms with Gasteiger partial charge in [-0.05, 0) is 38.5 Å². The molecule has 0 aliphatic heterocycles. The fourth-order valence-corrected chi connectivity index (χ4v) is 4.15. The third-order valence-electron chi connectivity index (χ3n) is 6.35. The molecule has 0 aromatic rings. The summed E-state index contributed by atoms with van der Waals surface area (Å²) in [5.41, 5.74) is 0. The number of carbonyl (C=O) groups is 2. The Labute approximate surface area is 239 Å². The second kappa shape index (κ2) is 33.9. The van der Waals surface area contributed by atoms with Crippen LogP contribution in [0.4, 0.5) is 0 Å². The van der Waals surface area contributed by atoms with E-state index in [2.05, 4.69) is 26.0 Å². The number of allylic oxidation sites excluding steroid dienone is 2. The molecule has 0 aliphatic carbocycles.